The highest BCUT2D eigenvalue weighted by Gasteiger charge is 2.52. The van der Waals surface area contributed by atoms with E-state index in [0.717, 1.165) is 17.5 Å². The topological polar surface area (TPSA) is 219 Å². The number of rotatable bonds is 16. The second-order valence-corrected chi connectivity index (χ2v) is 15.4. The van der Waals surface area contributed by atoms with Crippen LogP contribution < -0.4 is 16.4 Å². The van der Waals surface area contributed by atoms with E-state index < -0.39 is 92.4 Å². The van der Waals surface area contributed by atoms with Gasteiger partial charge in [-0.1, -0.05) is 112 Å². The first kappa shape index (κ1) is 44.6. The van der Waals surface area contributed by atoms with Gasteiger partial charge in [0.05, 0.1) is 31.0 Å². The lowest BCUT2D eigenvalue weighted by atomic mass is 9.80. The van der Waals surface area contributed by atoms with Gasteiger partial charge in [-0.3, -0.25) is 0 Å². The number of nitrogens with two attached hydrogens (primary N) is 1. The summed E-state index contributed by atoms with van der Waals surface area (Å²) in [5.74, 6) is -0.288. The molecule has 0 aromatic heterocycles. The third kappa shape index (κ3) is 11.9. The van der Waals surface area contributed by atoms with Crippen molar-refractivity contribution in [3.8, 4) is 0 Å². The molecule has 4 aliphatic rings. The fourth-order valence-electron chi connectivity index (χ4n) is 7.65. The first-order valence-electron chi connectivity index (χ1n) is 20.5. The largest absolute Gasteiger partial charge is 0.445 e. The number of hydrogen-bond donors (Lipinski definition) is 6. The second kappa shape index (κ2) is 21.5. The molecule has 2 aromatic rings. The molecule has 15 unspecified atom stereocenters. The van der Waals surface area contributed by atoms with Gasteiger partial charge in [-0.25, -0.2) is 9.59 Å². The van der Waals surface area contributed by atoms with Crippen LogP contribution >= 0.6 is 0 Å². The summed E-state index contributed by atoms with van der Waals surface area (Å²) >= 11 is 0. The van der Waals surface area contributed by atoms with Gasteiger partial charge in [0.2, 0.25) is 0 Å². The SMILES string of the molecule is CCCC1C=CC(NC(=O)OCc2ccccc2)C(OC2C(CO)OC(OC3C(O)C(N)CC(C)C3OC3OC(CC)C=CC3NC(=O)OCc3ccccc3)C2O)O1. The molecule has 0 spiro atoms. The molecule has 0 bridgehead atoms. The number of aliphatic hydroxyl groups is 3. The molecule has 2 aromatic carbocycles. The molecule has 2 fully saturated rings. The first-order valence-corrected chi connectivity index (χ1v) is 20.5. The maximum absolute atomic E-state index is 12.9. The average molecular weight is 826 g/mol. The molecule has 2 amide bonds. The van der Waals surface area contributed by atoms with E-state index in [1.54, 1.807) is 12.2 Å². The molecule has 6 rings (SSSR count). The third-order valence-corrected chi connectivity index (χ3v) is 10.9. The molecule has 1 aliphatic carbocycles. The molecule has 0 radical (unpaired) electrons. The van der Waals surface area contributed by atoms with E-state index in [2.05, 4.69) is 10.6 Å². The fourth-order valence-corrected chi connectivity index (χ4v) is 7.65. The summed E-state index contributed by atoms with van der Waals surface area (Å²) in [4.78, 5) is 25.8. The second-order valence-electron chi connectivity index (χ2n) is 15.4. The van der Waals surface area contributed by atoms with Crippen LogP contribution in [-0.2, 0) is 51.1 Å². The van der Waals surface area contributed by atoms with Gasteiger partial charge in [-0.15, -0.1) is 0 Å². The summed E-state index contributed by atoms with van der Waals surface area (Å²) in [6, 6.07) is 16.2. The van der Waals surface area contributed by atoms with Crippen molar-refractivity contribution in [2.75, 3.05) is 6.61 Å². The summed E-state index contributed by atoms with van der Waals surface area (Å²) in [6.45, 7) is 5.42. The Hall–Kier alpha value is -3.94. The number of nitrogens with one attached hydrogen (secondary N) is 2. The molecule has 3 heterocycles. The van der Waals surface area contributed by atoms with Gasteiger partial charge in [-0.2, -0.15) is 0 Å². The predicted molar refractivity (Wildman–Crippen MR) is 212 cm³/mol. The zero-order valence-electron chi connectivity index (χ0n) is 33.7. The number of carbonyl (C=O) groups is 2. The fraction of sp³-hybridized carbons (Fsp3) is 0.581. The van der Waals surface area contributed by atoms with Crippen LogP contribution in [0.4, 0.5) is 9.59 Å². The van der Waals surface area contributed by atoms with Crippen LogP contribution in [-0.4, -0.2) is 120 Å². The minimum atomic E-state index is -1.49. The Morgan fingerprint density at radius 3 is 1.78 bits per heavy atom. The number of amides is 2. The van der Waals surface area contributed by atoms with Gasteiger partial charge < -0.3 is 69.6 Å². The van der Waals surface area contributed by atoms with Crippen molar-refractivity contribution in [2.45, 2.75) is 145 Å². The van der Waals surface area contributed by atoms with Gasteiger partial charge >= 0.3 is 12.2 Å². The molecular formula is C43H59N3O13. The van der Waals surface area contributed by atoms with E-state index in [4.69, 9.17) is 43.6 Å². The zero-order chi connectivity index (χ0) is 41.9. The molecule has 324 valence electrons. The standard InChI is InChI=1S/C43H59N3O13/c1-4-12-29-18-20-32(46-43(51)53-24-27-15-10-7-11-16-27)40(55-29)58-37-33(22-47)56-41(35(37)49)59-38-34(48)30(44)21-25(3)36(38)57-39-31(19-17-28(5-2)54-39)45-42(50)52-23-26-13-8-6-9-14-26/h6-11,13-20,25,28-41,47-49H,4-5,12,21-24,44H2,1-3H3,(H,45,50)(H,46,51). The lowest BCUT2D eigenvalue weighted by Crippen LogP contribution is -2.61. The maximum Gasteiger partial charge on any atom is 0.408 e. The number of ether oxygens (including phenoxy) is 8. The minimum Gasteiger partial charge on any atom is -0.445 e. The van der Waals surface area contributed by atoms with E-state index in [-0.39, 0.29) is 31.3 Å². The van der Waals surface area contributed by atoms with E-state index >= 15 is 0 Å². The molecule has 16 heteroatoms. The van der Waals surface area contributed by atoms with Crippen LogP contribution in [0.25, 0.3) is 0 Å². The molecular weight excluding hydrogens is 766 g/mol. The van der Waals surface area contributed by atoms with Crippen molar-refractivity contribution in [2.24, 2.45) is 11.7 Å². The van der Waals surface area contributed by atoms with Crippen molar-refractivity contribution in [3.05, 3.63) is 96.1 Å². The van der Waals surface area contributed by atoms with Gasteiger partial charge in [0, 0.05) is 6.04 Å². The van der Waals surface area contributed by atoms with Crippen LogP contribution in [0.2, 0.25) is 0 Å². The molecule has 1 saturated heterocycles. The molecule has 59 heavy (non-hydrogen) atoms. The first-order chi connectivity index (χ1) is 28.6. The Morgan fingerprint density at radius 1 is 0.712 bits per heavy atom. The normalized spacial score (nSPS) is 35.5. The van der Waals surface area contributed by atoms with Crippen LogP contribution in [0.3, 0.4) is 0 Å². The van der Waals surface area contributed by atoms with Gasteiger partial charge in [0.15, 0.2) is 18.9 Å². The molecule has 3 aliphatic heterocycles. The Bertz CT molecular complexity index is 1670. The van der Waals surface area contributed by atoms with Crippen LogP contribution in [0.1, 0.15) is 57.6 Å². The van der Waals surface area contributed by atoms with Crippen molar-refractivity contribution < 1.29 is 62.8 Å². The maximum atomic E-state index is 12.9. The Kier molecular flexibility index (Phi) is 16.3. The zero-order valence-corrected chi connectivity index (χ0v) is 33.7. The van der Waals surface area contributed by atoms with Crippen molar-refractivity contribution in [1.29, 1.82) is 0 Å². The minimum absolute atomic E-state index is 0.0515. The summed E-state index contributed by atoms with van der Waals surface area (Å²) in [7, 11) is 0. The van der Waals surface area contributed by atoms with E-state index in [9.17, 15) is 24.9 Å². The summed E-state index contributed by atoms with van der Waals surface area (Å²) in [5.41, 5.74) is 8.03. The highest BCUT2D eigenvalue weighted by atomic mass is 16.8. The number of carbonyl (C=O) groups excluding carboxylic acids is 2. The number of benzene rings is 2. The highest BCUT2D eigenvalue weighted by Crippen LogP contribution is 2.36. The Morgan fingerprint density at radius 2 is 1.24 bits per heavy atom. The van der Waals surface area contributed by atoms with Gasteiger partial charge in [0.1, 0.15) is 49.7 Å². The molecule has 1 saturated carbocycles. The van der Waals surface area contributed by atoms with Gasteiger partial charge in [-0.05, 0) is 36.3 Å². The lowest BCUT2D eigenvalue weighted by Gasteiger charge is -2.45. The highest BCUT2D eigenvalue weighted by molar-refractivity contribution is 5.68. The predicted octanol–water partition coefficient (Wildman–Crippen LogP) is 3.31. The number of hydrogen-bond acceptors (Lipinski definition) is 14. The summed E-state index contributed by atoms with van der Waals surface area (Å²) in [5, 5.41) is 39.2. The van der Waals surface area contributed by atoms with E-state index in [0.29, 0.717) is 19.3 Å². The Labute approximate surface area is 344 Å². The van der Waals surface area contributed by atoms with Crippen LogP contribution in [0.15, 0.2) is 85.0 Å². The van der Waals surface area contributed by atoms with E-state index in [1.165, 1.54) is 0 Å². The summed E-state index contributed by atoms with van der Waals surface area (Å²) < 4.78 is 48.7. The number of aliphatic hydroxyl groups excluding tert-OH is 3. The summed E-state index contributed by atoms with van der Waals surface area (Å²) in [6.07, 6.45) is -2.90. The van der Waals surface area contributed by atoms with Crippen LogP contribution in [0, 0.1) is 5.92 Å². The average Bonchev–Trinajstić information content (AvgIpc) is 3.54. The molecule has 16 nitrogen and oxygen atoms in total. The van der Waals surface area contributed by atoms with Gasteiger partial charge in [0.25, 0.3) is 0 Å². The monoisotopic (exact) mass is 825 g/mol. The quantitative estimate of drug-likeness (QED) is 0.134. The number of alkyl carbamates (subject to hydrolysis) is 2. The van der Waals surface area contributed by atoms with Crippen molar-refractivity contribution in [3.63, 3.8) is 0 Å². The third-order valence-electron chi connectivity index (χ3n) is 10.9. The molecule has 15 atom stereocenters. The van der Waals surface area contributed by atoms with Crippen molar-refractivity contribution >= 4 is 12.2 Å². The Balaban J connectivity index is 1.13. The van der Waals surface area contributed by atoms with Crippen LogP contribution in [0.5, 0.6) is 0 Å². The van der Waals surface area contributed by atoms with E-state index in [1.807, 2.05) is 93.6 Å². The van der Waals surface area contributed by atoms with Crippen molar-refractivity contribution in [1.82, 2.24) is 10.6 Å². The lowest BCUT2D eigenvalue weighted by molar-refractivity contribution is -0.286. The smallest absolute Gasteiger partial charge is 0.408 e. The molecule has 7 N–H and O–H groups in total.